The second-order valence-corrected chi connectivity index (χ2v) is 4.83. The van der Waals surface area contributed by atoms with E-state index in [2.05, 4.69) is 42.4 Å². The average molecular weight is 286 g/mol. The molecule has 114 valence electrons. The van der Waals surface area contributed by atoms with Gasteiger partial charge in [-0.3, -0.25) is 4.79 Å². The zero-order chi connectivity index (χ0) is 15.6. The zero-order valence-electron chi connectivity index (χ0n) is 13.1. The molecular weight excluding hydrogens is 260 g/mol. The molecule has 0 saturated carbocycles. The maximum Gasteiger partial charge on any atom is 0.303 e. The first-order chi connectivity index (χ1) is 10.3. The SMILES string of the molecule is CCCCC#CCC#CCC#CCCCCCCC(=O)O. The fraction of sp³-hybridized carbons (Fsp3) is 0.632. The molecule has 0 fully saturated rings. The molecule has 0 spiro atoms. The Morgan fingerprint density at radius 2 is 1.29 bits per heavy atom. The summed E-state index contributed by atoms with van der Waals surface area (Å²) >= 11 is 0. The summed E-state index contributed by atoms with van der Waals surface area (Å²) in [6.07, 6.45) is 9.61. The molecule has 0 saturated heterocycles. The van der Waals surface area contributed by atoms with Crippen molar-refractivity contribution >= 4 is 5.97 Å². The summed E-state index contributed by atoms with van der Waals surface area (Å²) in [5, 5.41) is 8.49. The number of hydrogen-bond donors (Lipinski definition) is 1. The van der Waals surface area contributed by atoms with Gasteiger partial charge in [0.15, 0.2) is 0 Å². The topological polar surface area (TPSA) is 37.3 Å². The van der Waals surface area contributed by atoms with E-state index in [1.807, 2.05) is 0 Å². The summed E-state index contributed by atoms with van der Waals surface area (Å²) in [4.78, 5) is 10.3. The Kier molecular flexibility index (Phi) is 14.8. The van der Waals surface area contributed by atoms with Crippen LogP contribution in [0.25, 0.3) is 0 Å². The van der Waals surface area contributed by atoms with Crippen LogP contribution in [0.4, 0.5) is 0 Å². The molecule has 0 aromatic rings. The minimum atomic E-state index is -0.705. The molecule has 2 heteroatoms. The number of aliphatic carboxylic acids is 1. The van der Waals surface area contributed by atoms with Gasteiger partial charge in [-0.1, -0.05) is 49.9 Å². The van der Waals surface area contributed by atoms with E-state index in [9.17, 15) is 4.79 Å². The number of carboxylic acids is 1. The summed E-state index contributed by atoms with van der Waals surface area (Å²) in [5.41, 5.74) is 0. The fourth-order valence-corrected chi connectivity index (χ4v) is 1.62. The van der Waals surface area contributed by atoms with E-state index < -0.39 is 5.97 Å². The summed E-state index contributed by atoms with van der Waals surface area (Å²) in [6, 6.07) is 0. The Labute approximate surface area is 129 Å². The van der Waals surface area contributed by atoms with Crippen molar-refractivity contribution in [1.29, 1.82) is 0 Å². The fourth-order valence-electron chi connectivity index (χ4n) is 1.62. The van der Waals surface area contributed by atoms with E-state index in [4.69, 9.17) is 5.11 Å². The second-order valence-electron chi connectivity index (χ2n) is 4.83. The van der Waals surface area contributed by atoms with Crippen molar-refractivity contribution in [3.05, 3.63) is 0 Å². The molecule has 0 unspecified atom stereocenters. The first kappa shape index (κ1) is 19.1. The largest absolute Gasteiger partial charge is 0.481 e. The molecule has 0 aliphatic heterocycles. The number of unbranched alkanes of at least 4 members (excludes halogenated alkanes) is 6. The van der Waals surface area contributed by atoms with Gasteiger partial charge in [-0.05, 0) is 19.3 Å². The number of rotatable bonds is 8. The van der Waals surface area contributed by atoms with Gasteiger partial charge in [-0.2, -0.15) is 0 Å². The third kappa shape index (κ3) is 18.1. The van der Waals surface area contributed by atoms with Crippen LogP contribution in [-0.4, -0.2) is 11.1 Å². The van der Waals surface area contributed by atoms with E-state index in [-0.39, 0.29) is 6.42 Å². The van der Waals surface area contributed by atoms with Gasteiger partial charge in [-0.15, -0.1) is 11.8 Å². The Morgan fingerprint density at radius 1 is 0.762 bits per heavy atom. The molecule has 21 heavy (non-hydrogen) atoms. The highest BCUT2D eigenvalue weighted by molar-refractivity contribution is 5.66. The van der Waals surface area contributed by atoms with Crippen LogP contribution in [0.1, 0.15) is 77.6 Å². The first-order valence-electron chi connectivity index (χ1n) is 7.86. The summed E-state index contributed by atoms with van der Waals surface area (Å²) in [7, 11) is 0. The van der Waals surface area contributed by atoms with Gasteiger partial charge in [0.2, 0.25) is 0 Å². The van der Waals surface area contributed by atoms with Crippen LogP contribution < -0.4 is 0 Å². The van der Waals surface area contributed by atoms with E-state index in [1.54, 1.807) is 0 Å². The molecule has 0 aliphatic carbocycles. The van der Waals surface area contributed by atoms with Crippen molar-refractivity contribution in [2.45, 2.75) is 77.6 Å². The molecule has 0 amide bonds. The minimum Gasteiger partial charge on any atom is -0.481 e. The lowest BCUT2D eigenvalue weighted by Gasteiger charge is -1.95. The van der Waals surface area contributed by atoms with Gasteiger partial charge in [0, 0.05) is 19.3 Å². The minimum absolute atomic E-state index is 0.280. The Hall–Kier alpha value is -1.85. The first-order valence-corrected chi connectivity index (χ1v) is 7.86. The summed E-state index contributed by atoms with van der Waals surface area (Å²) in [5.74, 6) is 17.6. The van der Waals surface area contributed by atoms with Crippen LogP contribution in [-0.2, 0) is 4.79 Å². The van der Waals surface area contributed by atoms with Crippen LogP contribution in [0.2, 0.25) is 0 Å². The standard InChI is InChI=1S/C19H26O2/c1-2-3-4-5-6-7-8-9-10-11-12-13-14-15-16-17-18-19(20)21/h2-4,7,10,13-18H2,1H3,(H,20,21). The molecule has 0 aliphatic rings. The van der Waals surface area contributed by atoms with Crippen molar-refractivity contribution in [3.63, 3.8) is 0 Å². The van der Waals surface area contributed by atoms with Crippen LogP contribution >= 0.6 is 0 Å². The van der Waals surface area contributed by atoms with Crippen LogP contribution in [0, 0.1) is 35.5 Å². The van der Waals surface area contributed by atoms with Gasteiger partial charge >= 0.3 is 5.97 Å². The molecule has 0 atom stereocenters. The monoisotopic (exact) mass is 286 g/mol. The number of hydrogen-bond acceptors (Lipinski definition) is 1. The number of carboxylic acid groups (broad SMARTS) is 1. The van der Waals surface area contributed by atoms with Gasteiger partial charge in [0.25, 0.3) is 0 Å². The third-order valence-corrected chi connectivity index (χ3v) is 2.83. The molecule has 0 heterocycles. The smallest absolute Gasteiger partial charge is 0.303 e. The number of carbonyl (C=O) groups is 1. The molecule has 1 N–H and O–H groups in total. The highest BCUT2D eigenvalue weighted by Crippen LogP contribution is 2.04. The van der Waals surface area contributed by atoms with Crippen LogP contribution in [0.15, 0.2) is 0 Å². The Bertz CT molecular complexity index is 443. The molecule has 0 bridgehead atoms. The Morgan fingerprint density at radius 3 is 1.86 bits per heavy atom. The van der Waals surface area contributed by atoms with Gasteiger partial charge in [-0.25, -0.2) is 0 Å². The maximum atomic E-state index is 10.3. The van der Waals surface area contributed by atoms with Crippen LogP contribution in [0.3, 0.4) is 0 Å². The molecule has 2 nitrogen and oxygen atoms in total. The lowest BCUT2D eigenvalue weighted by Crippen LogP contribution is -1.93. The second kappa shape index (κ2) is 16.2. The zero-order valence-corrected chi connectivity index (χ0v) is 13.1. The maximum absolute atomic E-state index is 10.3. The normalized spacial score (nSPS) is 8.62. The molecule has 0 radical (unpaired) electrons. The average Bonchev–Trinajstić information content (AvgIpc) is 2.46. The van der Waals surface area contributed by atoms with Gasteiger partial charge < -0.3 is 5.11 Å². The van der Waals surface area contributed by atoms with E-state index >= 15 is 0 Å². The molecule has 0 aromatic heterocycles. The third-order valence-electron chi connectivity index (χ3n) is 2.83. The highest BCUT2D eigenvalue weighted by Gasteiger charge is 1.95. The van der Waals surface area contributed by atoms with Crippen molar-refractivity contribution in [1.82, 2.24) is 0 Å². The van der Waals surface area contributed by atoms with Gasteiger partial charge in [0.1, 0.15) is 0 Å². The van der Waals surface area contributed by atoms with E-state index in [0.29, 0.717) is 12.8 Å². The predicted molar refractivity (Wildman–Crippen MR) is 87.4 cm³/mol. The Balaban J connectivity index is 3.41. The van der Waals surface area contributed by atoms with Gasteiger partial charge in [0.05, 0.1) is 12.8 Å². The van der Waals surface area contributed by atoms with Crippen molar-refractivity contribution in [2.24, 2.45) is 0 Å². The lowest BCUT2D eigenvalue weighted by molar-refractivity contribution is -0.137. The van der Waals surface area contributed by atoms with Crippen molar-refractivity contribution in [2.75, 3.05) is 0 Å². The highest BCUT2D eigenvalue weighted by atomic mass is 16.4. The van der Waals surface area contributed by atoms with Crippen molar-refractivity contribution < 1.29 is 9.90 Å². The lowest BCUT2D eigenvalue weighted by atomic mass is 10.1. The summed E-state index contributed by atoms with van der Waals surface area (Å²) in [6.45, 7) is 2.16. The van der Waals surface area contributed by atoms with Crippen LogP contribution in [0.5, 0.6) is 0 Å². The van der Waals surface area contributed by atoms with E-state index in [0.717, 1.165) is 38.5 Å². The quantitative estimate of drug-likeness (QED) is 0.530. The molecule has 0 rings (SSSR count). The summed E-state index contributed by atoms with van der Waals surface area (Å²) < 4.78 is 0. The molecular formula is C19H26O2. The van der Waals surface area contributed by atoms with E-state index in [1.165, 1.54) is 12.8 Å². The molecule has 0 aromatic carbocycles. The van der Waals surface area contributed by atoms with Crippen molar-refractivity contribution in [3.8, 4) is 35.5 Å². The predicted octanol–water partition coefficient (Wildman–Crippen LogP) is 4.39.